The summed E-state index contributed by atoms with van der Waals surface area (Å²) in [5.74, 6) is 1.06. The van der Waals surface area contributed by atoms with Crippen LogP contribution in [0, 0.1) is 12.7 Å². The minimum absolute atomic E-state index is 0.0559. The van der Waals surface area contributed by atoms with Crippen LogP contribution in [-0.4, -0.2) is 22.5 Å². The predicted octanol–water partition coefficient (Wildman–Crippen LogP) is 3.90. The molecule has 4 nitrogen and oxygen atoms in total. The fourth-order valence-electron chi connectivity index (χ4n) is 3.27. The normalized spacial score (nSPS) is 19.3. The van der Waals surface area contributed by atoms with E-state index in [0.29, 0.717) is 12.1 Å². The van der Waals surface area contributed by atoms with Crippen LogP contribution in [0.1, 0.15) is 54.9 Å². The second kappa shape index (κ2) is 7.18. The van der Waals surface area contributed by atoms with Crippen molar-refractivity contribution in [2.75, 3.05) is 6.54 Å². The number of piperidine rings is 1. The van der Waals surface area contributed by atoms with E-state index in [9.17, 15) is 14.3 Å². The average Bonchev–Trinajstić information content (AvgIpc) is 3.01. The van der Waals surface area contributed by atoms with Gasteiger partial charge in [0.05, 0.1) is 18.6 Å². The lowest BCUT2D eigenvalue weighted by atomic mass is 9.98. The maximum atomic E-state index is 13.3. The van der Waals surface area contributed by atoms with Crippen LogP contribution in [0.2, 0.25) is 0 Å². The van der Waals surface area contributed by atoms with Gasteiger partial charge in [-0.15, -0.1) is 0 Å². The molecule has 0 aliphatic carbocycles. The molecule has 0 bridgehead atoms. The summed E-state index contributed by atoms with van der Waals surface area (Å²) in [6.45, 7) is 2.53. The third-order valence-electron chi connectivity index (χ3n) is 4.51. The monoisotopic (exact) mass is 331 g/mol. The molecular weight excluding hydrogens is 309 g/mol. The number of nitrogens with zero attached hydrogens (tertiary/aromatic N) is 1. The highest BCUT2D eigenvalue weighted by molar-refractivity contribution is 5.77. The summed E-state index contributed by atoms with van der Waals surface area (Å²) < 4.78 is 19.0. The molecule has 1 aliphatic heterocycles. The molecule has 1 amide bonds. The molecule has 0 radical (unpaired) electrons. The first-order chi connectivity index (χ1) is 11.5. The van der Waals surface area contributed by atoms with Crippen molar-refractivity contribution in [2.24, 2.45) is 0 Å². The number of furan rings is 1. The zero-order valence-electron chi connectivity index (χ0n) is 13.7. The number of aliphatic hydroxyl groups is 1. The van der Waals surface area contributed by atoms with Crippen molar-refractivity contribution in [2.45, 2.75) is 44.8 Å². The Bertz CT molecular complexity index is 712. The molecule has 2 atom stereocenters. The molecule has 1 aromatic heterocycles. The molecule has 2 aromatic rings. The van der Waals surface area contributed by atoms with Crippen molar-refractivity contribution in [3.05, 3.63) is 59.3 Å². The lowest BCUT2D eigenvalue weighted by Crippen LogP contribution is -2.39. The molecule has 24 heavy (non-hydrogen) atoms. The lowest BCUT2D eigenvalue weighted by Gasteiger charge is -2.35. The highest BCUT2D eigenvalue weighted by Gasteiger charge is 2.31. The molecule has 1 N–H and O–H groups in total. The van der Waals surface area contributed by atoms with E-state index in [0.717, 1.165) is 30.8 Å². The van der Waals surface area contributed by atoms with Crippen LogP contribution in [0.5, 0.6) is 0 Å². The van der Waals surface area contributed by atoms with Crippen LogP contribution in [-0.2, 0) is 4.79 Å². The summed E-state index contributed by atoms with van der Waals surface area (Å²) in [5, 5.41) is 10.3. The third-order valence-corrected chi connectivity index (χ3v) is 4.51. The van der Waals surface area contributed by atoms with E-state index >= 15 is 0 Å². The van der Waals surface area contributed by atoms with Crippen molar-refractivity contribution in [1.82, 2.24) is 4.90 Å². The summed E-state index contributed by atoms with van der Waals surface area (Å²) in [6.07, 6.45) is 1.78. The topological polar surface area (TPSA) is 53.7 Å². The van der Waals surface area contributed by atoms with Crippen molar-refractivity contribution >= 4 is 5.91 Å². The van der Waals surface area contributed by atoms with Crippen LogP contribution in [0.15, 0.2) is 40.8 Å². The van der Waals surface area contributed by atoms with E-state index in [1.807, 2.05) is 19.1 Å². The molecule has 0 saturated carbocycles. The first kappa shape index (κ1) is 16.7. The predicted molar refractivity (Wildman–Crippen MR) is 87.7 cm³/mol. The standard InChI is InChI=1S/C19H22FNO3/c1-13-8-9-18(24-13)16-7-2-3-10-21(16)19(23)12-17(22)14-5-4-6-15(20)11-14/h4-6,8-9,11,16-17,22H,2-3,7,10,12H2,1H3. The minimum atomic E-state index is -1.01. The number of amides is 1. The molecule has 2 heterocycles. The van der Waals surface area contributed by atoms with Crippen LogP contribution in [0.4, 0.5) is 4.39 Å². The number of rotatable bonds is 4. The van der Waals surface area contributed by atoms with Crippen molar-refractivity contribution in [3.8, 4) is 0 Å². The van der Waals surface area contributed by atoms with Gasteiger partial charge >= 0.3 is 0 Å². The van der Waals surface area contributed by atoms with Crippen molar-refractivity contribution < 1.29 is 18.7 Å². The molecule has 5 heteroatoms. The summed E-state index contributed by atoms with van der Waals surface area (Å²) >= 11 is 0. The van der Waals surface area contributed by atoms with E-state index in [1.54, 1.807) is 11.0 Å². The van der Waals surface area contributed by atoms with E-state index in [1.165, 1.54) is 18.2 Å². The SMILES string of the molecule is Cc1ccc(C2CCCCN2C(=O)CC(O)c2cccc(F)c2)o1. The molecule has 1 saturated heterocycles. The quantitative estimate of drug-likeness (QED) is 0.924. The Labute approximate surface area is 140 Å². The second-order valence-corrected chi connectivity index (χ2v) is 6.32. The average molecular weight is 331 g/mol. The zero-order chi connectivity index (χ0) is 17.1. The van der Waals surface area contributed by atoms with Gasteiger partial charge in [-0.1, -0.05) is 12.1 Å². The molecule has 1 fully saturated rings. The molecule has 3 rings (SSSR count). The van der Waals surface area contributed by atoms with Gasteiger partial charge in [0.2, 0.25) is 5.91 Å². The van der Waals surface area contributed by atoms with Crippen LogP contribution < -0.4 is 0 Å². The Morgan fingerprint density at radius 2 is 2.21 bits per heavy atom. The summed E-state index contributed by atoms with van der Waals surface area (Å²) in [7, 11) is 0. The Morgan fingerprint density at radius 3 is 2.92 bits per heavy atom. The van der Waals surface area contributed by atoms with Gasteiger partial charge in [0.25, 0.3) is 0 Å². The summed E-state index contributed by atoms with van der Waals surface area (Å²) in [6, 6.07) is 9.47. The summed E-state index contributed by atoms with van der Waals surface area (Å²) in [4.78, 5) is 14.5. The maximum absolute atomic E-state index is 13.3. The fraction of sp³-hybridized carbons (Fsp3) is 0.421. The van der Waals surface area contributed by atoms with Gasteiger partial charge in [-0.3, -0.25) is 4.79 Å². The number of aryl methyl sites for hydroxylation is 1. The van der Waals surface area contributed by atoms with Crippen LogP contribution in [0.25, 0.3) is 0 Å². The van der Waals surface area contributed by atoms with Gasteiger partial charge in [0.1, 0.15) is 17.3 Å². The Hall–Kier alpha value is -2.14. The number of benzene rings is 1. The highest BCUT2D eigenvalue weighted by Crippen LogP contribution is 2.33. The Kier molecular flexibility index (Phi) is 5.00. The lowest BCUT2D eigenvalue weighted by molar-refractivity contribution is -0.137. The smallest absolute Gasteiger partial charge is 0.226 e. The Balaban J connectivity index is 1.72. The molecular formula is C19H22FNO3. The van der Waals surface area contributed by atoms with Gasteiger partial charge in [-0.2, -0.15) is 0 Å². The molecule has 2 unspecified atom stereocenters. The molecule has 1 aliphatic rings. The molecule has 1 aromatic carbocycles. The molecule has 128 valence electrons. The van der Waals surface area contributed by atoms with E-state index in [-0.39, 0.29) is 18.4 Å². The first-order valence-corrected chi connectivity index (χ1v) is 8.34. The number of hydrogen-bond acceptors (Lipinski definition) is 3. The number of carbonyl (C=O) groups excluding carboxylic acids is 1. The van der Waals surface area contributed by atoms with Crippen LogP contribution >= 0.6 is 0 Å². The minimum Gasteiger partial charge on any atom is -0.464 e. The van der Waals surface area contributed by atoms with Crippen LogP contribution in [0.3, 0.4) is 0 Å². The second-order valence-electron chi connectivity index (χ2n) is 6.32. The summed E-state index contributed by atoms with van der Waals surface area (Å²) in [5.41, 5.74) is 0.422. The van der Waals surface area contributed by atoms with E-state index in [4.69, 9.17) is 4.42 Å². The first-order valence-electron chi connectivity index (χ1n) is 8.34. The van der Waals surface area contributed by atoms with Gasteiger partial charge in [-0.25, -0.2) is 4.39 Å². The largest absolute Gasteiger partial charge is 0.464 e. The zero-order valence-corrected chi connectivity index (χ0v) is 13.7. The van der Waals surface area contributed by atoms with Gasteiger partial charge in [0.15, 0.2) is 0 Å². The van der Waals surface area contributed by atoms with Gasteiger partial charge in [0, 0.05) is 6.54 Å². The number of likely N-dealkylation sites (tertiary alicyclic amines) is 1. The Morgan fingerprint density at radius 1 is 1.38 bits per heavy atom. The van der Waals surface area contributed by atoms with Gasteiger partial charge < -0.3 is 14.4 Å². The van der Waals surface area contributed by atoms with E-state index in [2.05, 4.69) is 0 Å². The third kappa shape index (κ3) is 3.67. The fourth-order valence-corrected chi connectivity index (χ4v) is 3.27. The van der Waals surface area contributed by atoms with Crippen molar-refractivity contribution in [3.63, 3.8) is 0 Å². The highest BCUT2D eigenvalue weighted by atomic mass is 19.1. The maximum Gasteiger partial charge on any atom is 0.226 e. The number of carbonyl (C=O) groups is 1. The van der Waals surface area contributed by atoms with E-state index < -0.39 is 11.9 Å². The number of halogens is 1. The molecule has 0 spiro atoms. The van der Waals surface area contributed by atoms with Crippen molar-refractivity contribution in [1.29, 1.82) is 0 Å². The number of aliphatic hydroxyl groups excluding tert-OH is 1. The number of hydrogen-bond donors (Lipinski definition) is 1. The van der Waals surface area contributed by atoms with Gasteiger partial charge in [-0.05, 0) is 56.0 Å².